The number of halogens is 1. The van der Waals surface area contributed by atoms with Gasteiger partial charge in [-0.3, -0.25) is 0 Å². The van der Waals surface area contributed by atoms with Crippen molar-refractivity contribution in [2.45, 2.75) is 50.7 Å². The molecular weight excluding hydrogens is 330 g/mol. The Balaban J connectivity index is 1.67. The molecule has 0 spiro atoms. The molecule has 116 valence electrons. The van der Waals surface area contributed by atoms with Crippen molar-refractivity contribution in [1.82, 2.24) is 5.32 Å². The Kier molecular flexibility index (Phi) is 5.19. The lowest BCUT2D eigenvalue weighted by Gasteiger charge is -2.29. The van der Waals surface area contributed by atoms with Gasteiger partial charge in [0.25, 0.3) is 0 Å². The van der Waals surface area contributed by atoms with Gasteiger partial charge in [0, 0.05) is 22.6 Å². The second-order valence-electron chi connectivity index (χ2n) is 6.25. The predicted molar refractivity (Wildman–Crippen MR) is 87.6 cm³/mol. The van der Waals surface area contributed by atoms with Gasteiger partial charge in [-0.2, -0.15) is 0 Å². The van der Waals surface area contributed by atoms with Crippen LogP contribution in [0.1, 0.15) is 50.1 Å². The molecule has 1 saturated carbocycles. The molecule has 0 aromatic heterocycles. The SMILES string of the molecule is OC1CCCCC1CNC1CCCOc2cc(Br)ccc21. The molecule has 1 heterocycles. The summed E-state index contributed by atoms with van der Waals surface area (Å²) in [6, 6.07) is 6.63. The standard InChI is InChI=1S/C17H24BrNO2/c18-13-7-8-14-15(5-3-9-21-17(14)10-13)19-11-12-4-1-2-6-16(12)20/h7-8,10,12,15-16,19-20H,1-6,9,11H2. The van der Waals surface area contributed by atoms with Gasteiger partial charge in [-0.05, 0) is 43.7 Å². The molecule has 2 aliphatic rings. The summed E-state index contributed by atoms with van der Waals surface area (Å²) in [6.45, 7) is 1.69. The van der Waals surface area contributed by atoms with Crippen molar-refractivity contribution in [1.29, 1.82) is 0 Å². The van der Waals surface area contributed by atoms with Gasteiger partial charge in [-0.15, -0.1) is 0 Å². The third-order valence-corrected chi connectivity index (χ3v) is 5.23. The van der Waals surface area contributed by atoms with Crippen LogP contribution in [0.15, 0.2) is 22.7 Å². The monoisotopic (exact) mass is 353 g/mol. The molecule has 3 atom stereocenters. The van der Waals surface area contributed by atoms with Gasteiger partial charge in [0.2, 0.25) is 0 Å². The van der Waals surface area contributed by atoms with E-state index in [4.69, 9.17) is 4.74 Å². The zero-order valence-electron chi connectivity index (χ0n) is 12.4. The summed E-state index contributed by atoms with van der Waals surface area (Å²) in [5.74, 6) is 1.39. The van der Waals surface area contributed by atoms with Crippen molar-refractivity contribution < 1.29 is 9.84 Å². The van der Waals surface area contributed by atoms with E-state index in [1.807, 2.05) is 0 Å². The van der Waals surface area contributed by atoms with Gasteiger partial charge >= 0.3 is 0 Å². The molecule has 1 aromatic rings. The Labute approximate surface area is 135 Å². The fraction of sp³-hybridized carbons (Fsp3) is 0.647. The highest BCUT2D eigenvalue weighted by Crippen LogP contribution is 2.34. The molecule has 1 aromatic carbocycles. The molecule has 3 nitrogen and oxygen atoms in total. The van der Waals surface area contributed by atoms with Gasteiger partial charge in [0.1, 0.15) is 5.75 Å². The normalized spacial score (nSPS) is 29.3. The Morgan fingerprint density at radius 2 is 2.05 bits per heavy atom. The first-order valence-corrected chi connectivity index (χ1v) is 8.87. The van der Waals surface area contributed by atoms with Gasteiger partial charge in [-0.25, -0.2) is 0 Å². The number of rotatable bonds is 3. The van der Waals surface area contributed by atoms with Crippen LogP contribution in [0.2, 0.25) is 0 Å². The molecule has 1 aliphatic carbocycles. The lowest BCUT2D eigenvalue weighted by atomic mass is 9.86. The number of aliphatic hydroxyl groups excluding tert-OH is 1. The number of hydrogen-bond donors (Lipinski definition) is 2. The summed E-state index contributed by atoms with van der Waals surface area (Å²) in [5, 5.41) is 13.8. The molecule has 3 unspecified atom stereocenters. The largest absolute Gasteiger partial charge is 0.493 e. The summed E-state index contributed by atoms with van der Waals surface area (Å²) >= 11 is 3.51. The van der Waals surface area contributed by atoms with E-state index in [1.54, 1.807) is 0 Å². The molecule has 4 heteroatoms. The molecule has 21 heavy (non-hydrogen) atoms. The van der Waals surface area contributed by atoms with E-state index in [2.05, 4.69) is 39.4 Å². The zero-order chi connectivity index (χ0) is 14.7. The molecule has 3 rings (SSSR count). The first kappa shape index (κ1) is 15.3. The first-order chi connectivity index (χ1) is 10.2. The van der Waals surface area contributed by atoms with Crippen LogP contribution in [-0.4, -0.2) is 24.4 Å². The summed E-state index contributed by atoms with van der Waals surface area (Å²) in [7, 11) is 0. The number of hydrogen-bond acceptors (Lipinski definition) is 3. The van der Waals surface area contributed by atoms with E-state index in [1.165, 1.54) is 18.4 Å². The molecule has 1 aliphatic heterocycles. The van der Waals surface area contributed by atoms with Crippen molar-refractivity contribution >= 4 is 15.9 Å². The van der Waals surface area contributed by atoms with E-state index in [-0.39, 0.29) is 6.10 Å². The quantitative estimate of drug-likeness (QED) is 0.868. The number of benzene rings is 1. The minimum absolute atomic E-state index is 0.127. The Bertz CT molecular complexity index is 480. The van der Waals surface area contributed by atoms with Crippen LogP contribution in [0.4, 0.5) is 0 Å². The van der Waals surface area contributed by atoms with Crippen LogP contribution in [0, 0.1) is 5.92 Å². The van der Waals surface area contributed by atoms with Crippen molar-refractivity contribution in [3.63, 3.8) is 0 Å². The second-order valence-corrected chi connectivity index (χ2v) is 7.16. The lowest BCUT2D eigenvalue weighted by Crippen LogP contribution is -2.35. The zero-order valence-corrected chi connectivity index (χ0v) is 13.9. The highest BCUT2D eigenvalue weighted by atomic mass is 79.9. The third kappa shape index (κ3) is 3.79. The first-order valence-electron chi connectivity index (χ1n) is 8.08. The molecule has 0 radical (unpaired) electrons. The van der Waals surface area contributed by atoms with Crippen molar-refractivity contribution in [2.24, 2.45) is 5.92 Å². The smallest absolute Gasteiger partial charge is 0.125 e. The number of ether oxygens (including phenoxy) is 1. The van der Waals surface area contributed by atoms with E-state index >= 15 is 0 Å². The van der Waals surface area contributed by atoms with Crippen LogP contribution in [-0.2, 0) is 0 Å². The van der Waals surface area contributed by atoms with Crippen LogP contribution in [0.5, 0.6) is 5.75 Å². The number of nitrogens with one attached hydrogen (secondary N) is 1. The Morgan fingerprint density at radius 1 is 1.19 bits per heavy atom. The van der Waals surface area contributed by atoms with E-state index in [9.17, 15) is 5.11 Å². The Hall–Kier alpha value is -0.580. The molecular formula is C17H24BrNO2. The van der Waals surface area contributed by atoms with Crippen molar-refractivity contribution in [3.8, 4) is 5.75 Å². The third-order valence-electron chi connectivity index (χ3n) is 4.74. The van der Waals surface area contributed by atoms with Crippen LogP contribution in [0.25, 0.3) is 0 Å². The van der Waals surface area contributed by atoms with Crippen molar-refractivity contribution in [3.05, 3.63) is 28.2 Å². The highest BCUT2D eigenvalue weighted by Gasteiger charge is 2.25. The fourth-order valence-corrected chi connectivity index (χ4v) is 3.82. The van der Waals surface area contributed by atoms with Crippen LogP contribution < -0.4 is 10.1 Å². The Morgan fingerprint density at radius 3 is 2.90 bits per heavy atom. The van der Waals surface area contributed by atoms with Crippen LogP contribution >= 0.6 is 15.9 Å². The number of fused-ring (bicyclic) bond motifs is 1. The summed E-state index contributed by atoms with van der Waals surface area (Å²) in [6.07, 6.45) is 6.56. The molecule has 0 amide bonds. The van der Waals surface area contributed by atoms with Gasteiger partial charge in [0.05, 0.1) is 12.7 Å². The van der Waals surface area contributed by atoms with Crippen LogP contribution in [0.3, 0.4) is 0 Å². The van der Waals surface area contributed by atoms with Gasteiger partial charge < -0.3 is 15.2 Å². The minimum Gasteiger partial charge on any atom is -0.493 e. The maximum absolute atomic E-state index is 10.1. The van der Waals surface area contributed by atoms with Gasteiger partial charge in [-0.1, -0.05) is 34.8 Å². The molecule has 0 bridgehead atoms. The average molecular weight is 354 g/mol. The molecule has 2 N–H and O–H groups in total. The van der Waals surface area contributed by atoms with Crippen molar-refractivity contribution in [2.75, 3.05) is 13.2 Å². The minimum atomic E-state index is -0.127. The summed E-state index contributed by atoms with van der Waals surface area (Å²) < 4.78 is 6.91. The summed E-state index contributed by atoms with van der Waals surface area (Å²) in [4.78, 5) is 0. The highest BCUT2D eigenvalue weighted by molar-refractivity contribution is 9.10. The van der Waals surface area contributed by atoms with E-state index in [0.717, 1.165) is 49.1 Å². The van der Waals surface area contributed by atoms with Gasteiger partial charge in [0.15, 0.2) is 0 Å². The molecule has 1 fully saturated rings. The number of aliphatic hydroxyl groups is 1. The van der Waals surface area contributed by atoms with E-state index < -0.39 is 0 Å². The topological polar surface area (TPSA) is 41.5 Å². The molecule has 0 saturated heterocycles. The van der Waals surface area contributed by atoms with E-state index in [0.29, 0.717) is 12.0 Å². The predicted octanol–water partition coefficient (Wildman–Crippen LogP) is 3.80. The maximum Gasteiger partial charge on any atom is 0.125 e. The maximum atomic E-state index is 10.1. The lowest BCUT2D eigenvalue weighted by molar-refractivity contribution is 0.0679. The fourth-order valence-electron chi connectivity index (χ4n) is 3.48. The summed E-state index contributed by atoms with van der Waals surface area (Å²) in [5.41, 5.74) is 1.25. The average Bonchev–Trinajstić information content (AvgIpc) is 2.68. The second kappa shape index (κ2) is 7.12.